The second-order valence-corrected chi connectivity index (χ2v) is 4.52. The summed E-state index contributed by atoms with van der Waals surface area (Å²) < 4.78 is 1.74. The summed E-state index contributed by atoms with van der Waals surface area (Å²) in [6, 6.07) is 11.6. The number of anilines is 1. The molecule has 18 heavy (non-hydrogen) atoms. The number of hydrogen-bond donors (Lipinski definition) is 1. The normalized spacial score (nSPS) is 11.0. The van der Waals surface area contributed by atoms with Gasteiger partial charge in [-0.3, -0.25) is 0 Å². The lowest BCUT2D eigenvalue weighted by Crippen LogP contribution is -1.97. The first-order chi connectivity index (χ1) is 8.65. The topological polar surface area (TPSA) is 56.2 Å². The third-order valence-electron chi connectivity index (χ3n) is 2.89. The molecule has 0 spiro atoms. The molecule has 0 saturated heterocycles. The summed E-state index contributed by atoms with van der Waals surface area (Å²) in [7, 11) is 0. The Bertz CT molecular complexity index is 733. The lowest BCUT2D eigenvalue weighted by molar-refractivity contribution is 0.922. The van der Waals surface area contributed by atoms with Crippen LogP contribution in [0.25, 0.3) is 16.8 Å². The molecule has 3 rings (SSSR count). The van der Waals surface area contributed by atoms with E-state index >= 15 is 0 Å². The zero-order chi connectivity index (χ0) is 12.7. The van der Waals surface area contributed by atoms with E-state index in [2.05, 4.69) is 10.1 Å². The van der Waals surface area contributed by atoms with E-state index in [-0.39, 0.29) is 5.95 Å². The van der Waals surface area contributed by atoms with Gasteiger partial charge in [-0.05, 0) is 36.8 Å². The molecule has 0 saturated carbocycles. The number of nitrogens with two attached hydrogens (primary N) is 1. The van der Waals surface area contributed by atoms with Crippen molar-refractivity contribution in [1.82, 2.24) is 14.6 Å². The van der Waals surface area contributed by atoms with Gasteiger partial charge in [0.15, 0.2) is 5.65 Å². The van der Waals surface area contributed by atoms with Crippen molar-refractivity contribution >= 4 is 23.2 Å². The van der Waals surface area contributed by atoms with Crippen molar-refractivity contribution < 1.29 is 0 Å². The van der Waals surface area contributed by atoms with Gasteiger partial charge in [-0.15, -0.1) is 5.10 Å². The molecule has 0 unspecified atom stereocenters. The Labute approximate surface area is 109 Å². The maximum absolute atomic E-state index is 6.01. The minimum absolute atomic E-state index is 0.279. The van der Waals surface area contributed by atoms with E-state index in [1.807, 2.05) is 43.3 Å². The molecule has 0 atom stereocenters. The SMILES string of the molecule is Cc1c(-c2cccc(Cl)c2)ccc2nc(N)nn12. The second-order valence-electron chi connectivity index (χ2n) is 4.08. The molecule has 3 aromatic rings. The van der Waals surface area contributed by atoms with Crippen molar-refractivity contribution in [2.75, 3.05) is 5.73 Å². The van der Waals surface area contributed by atoms with Crippen molar-refractivity contribution in [2.24, 2.45) is 0 Å². The summed E-state index contributed by atoms with van der Waals surface area (Å²) in [5.41, 5.74) is 9.46. The van der Waals surface area contributed by atoms with Crippen LogP contribution in [0.5, 0.6) is 0 Å². The van der Waals surface area contributed by atoms with E-state index in [0.717, 1.165) is 22.5 Å². The van der Waals surface area contributed by atoms with Crippen LogP contribution >= 0.6 is 11.6 Å². The van der Waals surface area contributed by atoms with Crippen LogP contribution in [0.3, 0.4) is 0 Å². The largest absolute Gasteiger partial charge is 0.366 e. The Kier molecular flexibility index (Phi) is 2.45. The van der Waals surface area contributed by atoms with Gasteiger partial charge >= 0.3 is 0 Å². The van der Waals surface area contributed by atoms with Gasteiger partial charge in [0.25, 0.3) is 0 Å². The number of fused-ring (bicyclic) bond motifs is 1. The number of benzene rings is 1. The molecule has 1 aromatic carbocycles. The number of rotatable bonds is 1. The Morgan fingerprint density at radius 3 is 2.83 bits per heavy atom. The summed E-state index contributed by atoms with van der Waals surface area (Å²) >= 11 is 6.01. The van der Waals surface area contributed by atoms with E-state index in [0.29, 0.717) is 5.02 Å². The van der Waals surface area contributed by atoms with Crippen LogP contribution < -0.4 is 5.73 Å². The van der Waals surface area contributed by atoms with Crippen LogP contribution in [0.4, 0.5) is 5.95 Å². The lowest BCUT2D eigenvalue weighted by atomic mass is 10.0. The first-order valence-electron chi connectivity index (χ1n) is 5.53. The number of nitrogens with zero attached hydrogens (tertiary/aromatic N) is 3. The van der Waals surface area contributed by atoms with Crippen molar-refractivity contribution in [3.05, 3.63) is 47.1 Å². The molecule has 0 radical (unpaired) electrons. The average Bonchev–Trinajstić information content (AvgIpc) is 2.71. The van der Waals surface area contributed by atoms with E-state index in [1.54, 1.807) is 4.52 Å². The van der Waals surface area contributed by atoms with E-state index in [9.17, 15) is 0 Å². The minimum Gasteiger partial charge on any atom is -0.366 e. The van der Waals surface area contributed by atoms with Crippen LogP contribution in [0.1, 0.15) is 5.69 Å². The number of aromatic nitrogens is 3. The zero-order valence-corrected chi connectivity index (χ0v) is 10.5. The number of nitrogen functional groups attached to an aromatic ring is 1. The summed E-state index contributed by atoms with van der Waals surface area (Å²) in [5.74, 6) is 0.279. The Balaban J connectivity index is 2.26. The highest BCUT2D eigenvalue weighted by atomic mass is 35.5. The third kappa shape index (κ3) is 1.71. The fourth-order valence-corrected chi connectivity index (χ4v) is 2.24. The van der Waals surface area contributed by atoms with Crippen molar-refractivity contribution in [2.45, 2.75) is 6.92 Å². The molecule has 90 valence electrons. The maximum atomic E-state index is 6.01. The molecule has 0 aliphatic rings. The zero-order valence-electron chi connectivity index (χ0n) is 9.76. The average molecular weight is 259 g/mol. The van der Waals surface area contributed by atoms with E-state index in [1.165, 1.54) is 0 Å². The third-order valence-corrected chi connectivity index (χ3v) is 3.13. The van der Waals surface area contributed by atoms with Gasteiger partial charge in [0.2, 0.25) is 5.95 Å². The van der Waals surface area contributed by atoms with Crippen molar-refractivity contribution in [3.63, 3.8) is 0 Å². The molecule has 2 aromatic heterocycles. The smallest absolute Gasteiger partial charge is 0.240 e. The predicted molar refractivity (Wildman–Crippen MR) is 72.6 cm³/mol. The maximum Gasteiger partial charge on any atom is 0.240 e. The van der Waals surface area contributed by atoms with Crippen molar-refractivity contribution in [3.8, 4) is 11.1 Å². The van der Waals surface area contributed by atoms with Gasteiger partial charge in [-0.25, -0.2) is 4.52 Å². The van der Waals surface area contributed by atoms with Crippen LogP contribution in [0.15, 0.2) is 36.4 Å². The van der Waals surface area contributed by atoms with Crippen LogP contribution in [0.2, 0.25) is 5.02 Å². The number of aryl methyl sites for hydroxylation is 1. The lowest BCUT2D eigenvalue weighted by Gasteiger charge is -2.07. The van der Waals surface area contributed by atoms with Crippen molar-refractivity contribution in [1.29, 1.82) is 0 Å². The summed E-state index contributed by atoms with van der Waals surface area (Å²) in [6.07, 6.45) is 0. The fourth-order valence-electron chi connectivity index (χ4n) is 2.05. The molecule has 0 bridgehead atoms. The molecule has 0 amide bonds. The highest BCUT2D eigenvalue weighted by Crippen LogP contribution is 2.26. The summed E-state index contributed by atoms with van der Waals surface area (Å²) in [4.78, 5) is 4.13. The van der Waals surface area contributed by atoms with Gasteiger partial charge in [-0.2, -0.15) is 4.98 Å². The number of hydrogen-bond acceptors (Lipinski definition) is 3. The highest BCUT2D eigenvalue weighted by Gasteiger charge is 2.08. The molecule has 4 nitrogen and oxygen atoms in total. The first-order valence-corrected chi connectivity index (χ1v) is 5.91. The van der Waals surface area contributed by atoms with Gasteiger partial charge in [0.05, 0.1) is 0 Å². The second kappa shape index (κ2) is 3.99. The molecule has 5 heteroatoms. The number of pyridine rings is 1. The predicted octanol–water partition coefficient (Wildman–Crippen LogP) is 2.94. The molecule has 0 fully saturated rings. The van der Waals surface area contributed by atoms with Gasteiger partial charge in [0.1, 0.15) is 0 Å². The molecule has 2 N–H and O–H groups in total. The molecule has 0 aliphatic heterocycles. The number of halogens is 1. The Morgan fingerprint density at radius 1 is 1.22 bits per heavy atom. The molecule has 0 aliphatic carbocycles. The van der Waals surface area contributed by atoms with Crippen LogP contribution in [-0.2, 0) is 0 Å². The molecular weight excluding hydrogens is 248 g/mol. The fraction of sp³-hybridized carbons (Fsp3) is 0.0769. The van der Waals surface area contributed by atoms with Gasteiger partial charge in [-0.1, -0.05) is 23.7 Å². The van der Waals surface area contributed by atoms with Gasteiger partial charge < -0.3 is 5.73 Å². The standard InChI is InChI=1S/C13H11ClN4/c1-8-11(9-3-2-4-10(14)7-9)5-6-12-16-13(15)17-18(8)12/h2-7H,1H3,(H2,15,17). The van der Waals surface area contributed by atoms with Gasteiger partial charge in [0, 0.05) is 16.3 Å². The van der Waals surface area contributed by atoms with Crippen LogP contribution in [-0.4, -0.2) is 14.6 Å². The van der Waals surface area contributed by atoms with Crippen LogP contribution in [0, 0.1) is 6.92 Å². The Hall–Kier alpha value is -2.07. The Morgan fingerprint density at radius 2 is 2.06 bits per heavy atom. The minimum atomic E-state index is 0.279. The van der Waals surface area contributed by atoms with E-state index < -0.39 is 0 Å². The molecular formula is C13H11ClN4. The quantitative estimate of drug-likeness (QED) is 0.730. The highest BCUT2D eigenvalue weighted by molar-refractivity contribution is 6.30. The summed E-state index contributed by atoms with van der Waals surface area (Å²) in [6.45, 7) is 1.98. The van der Waals surface area contributed by atoms with E-state index in [4.69, 9.17) is 17.3 Å². The molecule has 2 heterocycles. The monoisotopic (exact) mass is 258 g/mol. The summed E-state index contributed by atoms with van der Waals surface area (Å²) in [5, 5.41) is 4.88. The first kappa shape index (κ1) is 11.0.